The minimum atomic E-state index is 0.322. The monoisotopic (exact) mass is 568 g/mol. The Morgan fingerprint density at radius 3 is 1.30 bits per heavy atom. The minimum Gasteiger partial charge on any atom is -0.508 e. The summed E-state index contributed by atoms with van der Waals surface area (Å²) in [4.78, 5) is 0. The van der Waals surface area contributed by atoms with Crippen molar-refractivity contribution in [2.45, 2.75) is 0 Å². The number of phenolic OH excluding ortho intramolecular Hbond substituents is 2. The van der Waals surface area contributed by atoms with Gasteiger partial charge in [-0.15, -0.1) is 0 Å². The van der Waals surface area contributed by atoms with Crippen molar-refractivity contribution >= 4 is 32.3 Å². The molecule has 44 heavy (non-hydrogen) atoms. The Hall–Kier alpha value is -5.86. The first kappa shape index (κ1) is 28.3. The molecule has 0 saturated heterocycles. The SMILES string of the molecule is Oc1ccccc1.Oc1ccccc1.c1ccc(-c2cccc3cc4cc5ccccc5c(-c5ccccc5)c4cc23)cc1. The smallest absolute Gasteiger partial charge is 0.115 e. The fraction of sp³-hybridized carbons (Fsp3) is 0. The fourth-order valence-electron chi connectivity index (χ4n) is 5.48. The zero-order chi connectivity index (χ0) is 30.1. The molecule has 8 rings (SSSR count). The van der Waals surface area contributed by atoms with Crippen molar-refractivity contribution in [3.63, 3.8) is 0 Å². The fourth-order valence-corrected chi connectivity index (χ4v) is 5.48. The molecule has 0 aliphatic carbocycles. The molecule has 0 atom stereocenters. The number of rotatable bonds is 2. The van der Waals surface area contributed by atoms with Crippen molar-refractivity contribution in [1.82, 2.24) is 0 Å². The van der Waals surface area contributed by atoms with Gasteiger partial charge in [0.05, 0.1) is 0 Å². The highest BCUT2D eigenvalue weighted by molar-refractivity contribution is 6.17. The second kappa shape index (κ2) is 13.4. The van der Waals surface area contributed by atoms with Crippen LogP contribution in [0.1, 0.15) is 0 Å². The molecule has 0 unspecified atom stereocenters. The summed E-state index contributed by atoms with van der Waals surface area (Å²) >= 11 is 0. The Labute approximate surface area is 257 Å². The van der Waals surface area contributed by atoms with Crippen molar-refractivity contribution < 1.29 is 10.2 Å². The van der Waals surface area contributed by atoms with Crippen LogP contribution in [-0.4, -0.2) is 10.2 Å². The van der Waals surface area contributed by atoms with E-state index >= 15 is 0 Å². The lowest BCUT2D eigenvalue weighted by Crippen LogP contribution is -1.88. The maximum Gasteiger partial charge on any atom is 0.115 e. The van der Waals surface area contributed by atoms with Crippen LogP contribution < -0.4 is 0 Å². The van der Waals surface area contributed by atoms with E-state index in [-0.39, 0.29) is 0 Å². The molecule has 0 aliphatic rings. The van der Waals surface area contributed by atoms with Crippen molar-refractivity contribution in [2.24, 2.45) is 0 Å². The summed E-state index contributed by atoms with van der Waals surface area (Å²) in [6, 6.07) is 61.3. The van der Waals surface area contributed by atoms with Gasteiger partial charge in [0.1, 0.15) is 11.5 Å². The van der Waals surface area contributed by atoms with Crippen molar-refractivity contribution in [1.29, 1.82) is 0 Å². The van der Waals surface area contributed by atoms with E-state index < -0.39 is 0 Å². The number of benzene rings is 8. The zero-order valence-corrected chi connectivity index (χ0v) is 24.2. The lowest BCUT2D eigenvalue weighted by atomic mass is 9.89. The Balaban J connectivity index is 0.000000201. The highest BCUT2D eigenvalue weighted by Gasteiger charge is 2.12. The van der Waals surface area contributed by atoms with Gasteiger partial charge >= 0.3 is 0 Å². The largest absolute Gasteiger partial charge is 0.508 e. The summed E-state index contributed by atoms with van der Waals surface area (Å²) < 4.78 is 0. The van der Waals surface area contributed by atoms with E-state index in [9.17, 15) is 0 Å². The zero-order valence-electron chi connectivity index (χ0n) is 24.2. The lowest BCUT2D eigenvalue weighted by Gasteiger charge is -2.15. The average Bonchev–Trinajstić information content (AvgIpc) is 3.08. The Morgan fingerprint density at radius 1 is 0.295 bits per heavy atom. The van der Waals surface area contributed by atoms with Gasteiger partial charge in [-0.25, -0.2) is 0 Å². The van der Waals surface area contributed by atoms with E-state index in [0.717, 1.165) is 0 Å². The molecule has 8 aromatic carbocycles. The second-order valence-corrected chi connectivity index (χ2v) is 10.5. The molecule has 2 N–H and O–H groups in total. The van der Waals surface area contributed by atoms with Crippen LogP contribution in [0.25, 0.3) is 54.6 Å². The number of phenols is 2. The van der Waals surface area contributed by atoms with Crippen molar-refractivity contribution in [2.75, 3.05) is 0 Å². The predicted molar refractivity (Wildman–Crippen MR) is 186 cm³/mol. The standard InChI is InChI=1S/C30H20.2C6H6O/c1-3-10-21(11-4-1)26-17-9-15-24-19-25-18-23-14-7-8-16-27(23)30(29(25)20-28(24)26)22-12-5-2-6-13-22;2*7-6-4-2-1-3-5-6/h1-20H;2*1-5,7H. The first-order valence-electron chi connectivity index (χ1n) is 14.6. The van der Waals surface area contributed by atoms with Crippen LogP contribution in [0, 0.1) is 0 Å². The van der Waals surface area contributed by atoms with Gasteiger partial charge in [0.15, 0.2) is 0 Å². The van der Waals surface area contributed by atoms with Gasteiger partial charge in [-0.3, -0.25) is 0 Å². The van der Waals surface area contributed by atoms with Crippen molar-refractivity contribution in [3.8, 4) is 33.8 Å². The quantitative estimate of drug-likeness (QED) is 0.204. The van der Waals surface area contributed by atoms with Gasteiger partial charge in [0.25, 0.3) is 0 Å². The summed E-state index contributed by atoms with van der Waals surface area (Å²) in [5.41, 5.74) is 5.11. The number of hydrogen-bond donors (Lipinski definition) is 2. The number of fused-ring (bicyclic) bond motifs is 3. The Morgan fingerprint density at radius 2 is 0.750 bits per heavy atom. The van der Waals surface area contributed by atoms with E-state index in [0.29, 0.717) is 11.5 Å². The number of para-hydroxylation sites is 2. The highest BCUT2D eigenvalue weighted by atomic mass is 16.3. The normalized spacial score (nSPS) is 10.5. The Kier molecular flexibility index (Phi) is 8.62. The molecule has 212 valence electrons. The van der Waals surface area contributed by atoms with Crippen LogP contribution in [0.5, 0.6) is 11.5 Å². The van der Waals surface area contributed by atoms with Crippen molar-refractivity contribution in [3.05, 3.63) is 182 Å². The molecule has 0 aliphatic heterocycles. The molecule has 8 aromatic rings. The van der Waals surface area contributed by atoms with Gasteiger partial charge in [-0.2, -0.15) is 0 Å². The molecule has 0 amide bonds. The van der Waals surface area contributed by atoms with Gasteiger partial charge in [0, 0.05) is 0 Å². The van der Waals surface area contributed by atoms with E-state index in [1.54, 1.807) is 48.5 Å². The second-order valence-electron chi connectivity index (χ2n) is 10.5. The molecule has 0 saturated carbocycles. The van der Waals surface area contributed by atoms with Crippen LogP contribution in [0.2, 0.25) is 0 Å². The molecule has 0 bridgehead atoms. The third kappa shape index (κ3) is 6.46. The molecule has 0 aromatic heterocycles. The van der Waals surface area contributed by atoms with Crippen LogP contribution in [0.3, 0.4) is 0 Å². The van der Waals surface area contributed by atoms with E-state index in [1.165, 1.54) is 54.6 Å². The first-order chi connectivity index (χ1) is 21.7. The molecule has 0 radical (unpaired) electrons. The Bertz CT molecular complexity index is 2070. The minimum absolute atomic E-state index is 0.322. The molecule has 0 fully saturated rings. The van der Waals surface area contributed by atoms with Crippen LogP contribution in [0.15, 0.2) is 182 Å². The summed E-state index contributed by atoms with van der Waals surface area (Å²) in [5.74, 6) is 0.644. The van der Waals surface area contributed by atoms with Gasteiger partial charge in [0.2, 0.25) is 0 Å². The van der Waals surface area contributed by atoms with Gasteiger partial charge < -0.3 is 10.2 Å². The molecule has 2 nitrogen and oxygen atoms in total. The number of hydrogen-bond acceptors (Lipinski definition) is 2. The molecular formula is C42H32O2. The van der Waals surface area contributed by atoms with Gasteiger partial charge in [-0.1, -0.05) is 140 Å². The maximum absolute atomic E-state index is 8.63. The topological polar surface area (TPSA) is 40.5 Å². The van der Waals surface area contributed by atoms with E-state index in [1.807, 2.05) is 12.1 Å². The van der Waals surface area contributed by atoms with Crippen LogP contribution >= 0.6 is 0 Å². The highest BCUT2D eigenvalue weighted by Crippen LogP contribution is 2.40. The number of aromatic hydroxyl groups is 2. The van der Waals surface area contributed by atoms with Gasteiger partial charge in [-0.05, 0) is 97.0 Å². The molecule has 2 heteroatoms. The first-order valence-corrected chi connectivity index (χ1v) is 14.6. The lowest BCUT2D eigenvalue weighted by molar-refractivity contribution is 0.475. The third-order valence-electron chi connectivity index (χ3n) is 7.52. The third-order valence-corrected chi connectivity index (χ3v) is 7.52. The summed E-state index contributed by atoms with van der Waals surface area (Å²) in [7, 11) is 0. The summed E-state index contributed by atoms with van der Waals surface area (Å²) in [5, 5.41) is 25.0. The molecular weight excluding hydrogens is 536 g/mol. The molecule has 0 heterocycles. The maximum atomic E-state index is 8.63. The van der Waals surface area contributed by atoms with E-state index in [2.05, 4.69) is 121 Å². The predicted octanol–water partition coefficient (Wildman–Crippen LogP) is 11.3. The molecule has 0 spiro atoms. The average molecular weight is 569 g/mol. The van der Waals surface area contributed by atoms with Crippen LogP contribution in [-0.2, 0) is 0 Å². The summed E-state index contributed by atoms with van der Waals surface area (Å²) in [6.07, 6.45) is 0. The summed E-state index contributed by atoms with van der Waals surface area (Å²) in [6.45, 7) is 0. The van der Waals surface area contributed by atoms with Crippen LogP contribution in [0.4, 0.5) is 0 Å². The van der Waals surface area contributed by atoms with E-state index in [4.69, 9.17) is 10.2 Å².